The van der Waals surface area contributed by atoms with E-state index in [2.05, 4.69) is 40.4 Å². The molecule has 26 heavy (non-hydrogen) atoms. The molecular weight excluding hydrogens is 324 g/mol. The molecule has 1 aromatic carbocycles. The van der Waals surface area contributed by atoms with Crippen LogP contribution in [-0.2, 0) is 19.4 Å². The smallest absolute Gasteiger partial charge is 0.191 e. The first-order valence-corrected chi connectivity index (χ1v) is 9.53. The summed E-state index contributed by atoms with van der Waals surface area (Å²) in [4.78, 5) is 8.01. The second-order valence-corrected chi connectivity index (χ2v) is 7.07. The molecule has 0 saturated heterocycles. The Balaban J connectivity index is 1.55. The van der Waals surface area contributed by atoms with Gasteiger partial charge in [0.05, 0.1) is 30.3 Å². The number of benzene rings is 1. The molecule has 4 rings (SSSR count). The van der Waals surface area contributed by atoms with Gasteiger partial charge in [-0.25, -0.2) is 0 Å². The van der Waals surface area contributed by atoms with Gasteiger partial charge in [-0.1, -0.05) is 31.5 Å². The molecule has 0 unspecified atom stereocenters. The van der Waals surface area contributed by atoms with Gasteiger partial charge in [0.2, 0.25) is 0 Å². The summed E-state index contributed by atoms with van der Waals surface area (Å²) in [7, 11) is 0. The highest BCUT2D eigenvalue weighted by atomic mass is 16.5. The van der Waals surface area contributed by atoms with Gasteiger partial charge in [-0.3, -0.25) is 4.99 Å². The monoisotopic (exact) mass is 350 g/mol. The van der Waals surface area contributed by atoms with E-state index in [1.54, 1.807) is 0 Å². The zero-order valence-electron chi connectivity index (χ0n) is 15.3. The minimum atomic E-state index is 0.446. The summed E-state index contributed by atoms with van der Waals surface area (Å²) in [5.41, 5.74) is 7.57. The molecule has 0 radical (unpaired) electrons. The Morgan fingerprint density at radius 2 is 2.15 bits per heavy atom. The highest BCUT2D eigenvalue weighted by Crippen LogP contribution is 2.24. The molecule has 0 spiro atoms. The van der Waals surface area contributed by atoms with Gasteiger partial charge < -0.3 is 20.4 Å². The number of fused-ring (bicyclic) bond motifs is 2. The second-order valence-electron chi connectivity index (χ2n) is 7.07. The Hall–Kier alpha value is -2.40. The maximum atomic E-state index is 8.20. The number of aliphatic imine (C=N–C) groups is 1. The molecule has 3 heterocycles. The van der Waals surface area contributed by atoms with Gasteiger partial charge in [0.25, 0.3) is 0 Å². The number of aromatic nitrogens is 1. The lowest BCUT2D eigenvalue weighted by molar-refractivity contribution is 0.299. The average Bonchev–Trinajstić information content (AvgIpc) is 3.09. The van der Waals surface area contributed by atoms with Crippen molar-refractivity contribution < 1.29 is 4.74 Å². The van der Waals surface area contributed by atoms with Crippen LogP contribution in [0.15, 0.2) is 29.3 Å². The van der Waals surface area contributed by atoms with Crippen molar-refractivity contribution in [1.29, 1.82) is 5.41 Å². The largest absolute Gasteiger partial charge is 0.479 e. The molecule has 1 aromatic heterocycles. The van der Waals surface area contributed by atoms with Gasteiger partial charge in [0, 0.05) is 24.6 Å². The predicted octanol–water partition coefficient (Wildman–Crippen LogP) is 3.25. The fourth-order valence-corrected chi connectivity index (χ4v) is 3.62. The van der Waals surface area contributed by atoms with E-state index in [1.165, 1.54) is 16.7 Å². The van der Waals surface area contributed by atoms with Crippen molar-refractivity contribution in [2.24, 2.45) is 4.99 Å². The van der Waals surface area contributed by atoms with Crippen molar-refractivity contribution >= 4 is 11.4 Å². The fraction of sp³-hybridized carbons (Fsp3) is 0.429. The predicted molar refractivity (Wildman–Crippen MR) is 105 cm³/mol. The Labute approximate surface area is 154 Å². The molecule has 5 nitrogen and oxygen atoms in total. The van der Waals surface area contributed by atoms with Crippen LogP contribution in [0.2, 0.25) is 0 Å². The zero-order valence-corrected chi connectivity index (χ0v) is 15.3. The first-order valence-electron chi connectivity index (χ1n) is 9.53. The van der Waals surface area contributed by atoms with Crippen molar-refractivity contribution in [2.45, 2.75) is 39.2 Å². The normalized spacial score (nSPS) is 16.0. The number of unbranched alkanes of at least 4 members (excludes halogenated alkanes) is 1. The highest BCUT2D eigenvalue weighted by Gasteiger charge is 2.22. The number of hydrogen-bond acceptors (Lipinski definition) is 4. The standard InChI is InChI=1S/C21H26N4O/c1-2-3-8-26-20-11-17-18(22)13-24-19(21(17)25-20)10-14-4-5-15-6-7-23-12-16(15)9-14/h4-5,9,11,22-23,25H,2-3,6-8,10,12-13H2,1H3. The summed E-state index contributed by atoms with van der Waals surface area (Å²) in [5, 5.41) is 11.6. The molecule has 0 bridgehead atoms. The van der Waals surface area contributed by atoms with Gasteiger partial charge >= 0.3 is 0 Å². The Morgan fingerprint density at radius 3 is 3.04 bits per heavy atom. The van der Waals surface area contributed by atoms with E-state index in [9.17, 15) is 0 Å². The first kappa shape index (κ1) is 17.0. The van der Waals surface area contributed by atoms with Crippen LogP contribution in [0.5, 0.6) is 5.88 Å². The quantitative estimate of drug-likeness (QED) is 0.700. The molecule has 0 amide bonds. The molecule has 2 aromatic rings. The van der Waals surface area contributed by atoms with E-state index >= 15 is 0 Å². The van der Waals surface area contributed by atoms with Crippen molar-refractivity contribution in [3.8, 4) is 5.88 Å². The minimum absolute atomic E-state index is 0.446. The Morgan fingerprint density at radius 1 is 1.23 bits per heavy atom. The molecule has 5 heteroatoms. The SMILES string of the molecule is CCCCOc1cc2c([nH]1)C(Cc1ccc3c(c1)CNCC3)=NCC2=N. The van der Waals surface area contributed by atoms with Crippen LogP contribution < -0.4 is 10.1 Å². The van der Waals surface area contributed by atoms with E-state index < -0.39 is 0 Å². The summed E-state index contributed by atoms with van der Waals surface area (Å²) in [6.45, 7) is 5.31. The highest BCUT2D eigenvalue weighted by molar-refractivity contribution is 6.16. The van der Waals surface area contributed by atoms with E-state index in [4.69, 9.17) is 10.1 Å². The topological polar surface area (TPSA) is 73.3 Å². The first-order chi connectivity index (χ1) is 12.7. The lowest BCUT2D eigenvalue weighted by Crippen LogP contribution is -2.24. The van der Waals surface area contributed by atoms with Crippen LogP contribution in [0, 0.1) is 5.41 Å². The summed E-state index contributed by atoms with van der Waals surface area (Å²) >= 11 is 0. The van der Waals surface area contributed by atoms with E-state index in [-0.39, 0.29) is 0 Å². The Bertz CT molecular complexity index is 850. The summed E-state index contributed by atoms with van der Waals surface area (Å²) in [5.74, 6) is 0.748. The molecule has 2 aliphatic rings. The average molecular weight is 350 g/mol. The van der Waals surface area contributed by atoms with E-state index in [0.717, 1.165) is 61.6 Å². The fourth-order valence-electron chi connectivity index (χ4n) is 3.62. The number of hydrogen-bond donors (Lipinski definition) is 3. The van der Waals surface area contributed by atoms with Crippen molar-refractivity contribution in [3.05, 3.63) is 52.2 Å². The molecule has 3 N–H and O–H groups in total. The third-order valence-corrected chi connectivity index (χ3v) is 5.12. The molecule has 2 aliphatic heterocycles. The minimum Gasteiger partial charge on any atom is -0.479 e. The van der Waals surface area contributed by atoms with Gasteiger partial charge in [-0.05, 0) is 36.1 Å². The van der Waals surface area contributed by atoms with Crippen LogP contribution in [0.25, 0.3) is 0 Å². The number of nitrogens with zero attached hydrogens (tertiary/aromatic N) is 1. The molecule has 0 atom stereocenters. The van der Waals surface area contributed by atoms with Crippen LogP contribution >= 0.6 is 0 Å². The third-order valence-electron chi connectivity index (χ3n) is 5.12. The third kappa shape index (κ3) is 3.44. The van der Waals surface area contributed by atoms with Crippen LogP contribution in [0.1, 0.15) is 47.7 Å². The summed E-state index contributed by atoms with van der Waals surface area (Å²) < 4.78 is 5.80. The maximum Gasteiger partial charge on any atom is 0.191 e. The Kier molecular flexibility index (Phi) is 4.89. The zero-order chi connectivity index (χ0) is 17.9. The van der Waals surface area contributed by atoms with Gasteiger partial charge in [0.15, 0.2) is 5.88 Å². The lowest BCUT2D eigenvalue weighted by atomic mass is 9.94. The van der Waals surface area contributed by atoms with E-state index in [0.29, 0.717) is 18.9 Å². The second kappa shape index (κ2) is 7.46. The summed E-state index contributed by atoms with van der Waals surface area (Å²) in [6, 6.07) is 8.73. The van der Waals surface area contributed by atoms with Crippen molar-refractivity contribution in [2.75, 3.05) is 19.7 Å². The molecule has 0 saturated carbocycles. The van der Waals surface area contributed by atoms with Crippen molar-refractivity contribution in [3.63, 3.8) is 0 Å². The molecule has 136 valence electrons. The number of rotatable bonds is 6. The molecule has 0 fully saturated rings. The van der Waals surface area contributed by atoms with Gasteiger partial charge in [-0.2, -0.15) is 0 Å². The molecular formula is C21H26N4O. The molecule has 0 aliphatic carbocycles. The number of aromatic amines is 1. The van der Waals surface area contributed by atoms with Gasteiger partial charge in [0.1, 0.15) is 0 Å². The van der Waals surface area contributed by atoms with Crippen LogP contribution in [-0.4, -0.2) is 36.1 Å². The van der Waals surface area contributed by atoms with Crippen LogP contribution in [0.3, 0.4) is 0 Å². The van der Waals surface area contributed by atoms with E-state index in [1.807, 2.05) is 6.07 Å². The maximum absolute atomic E-state index is 8.20. The number of ether oxygens (including phenoxy) is 1. The summed E-state index contributed by atoms with van der Waals surface area (Å²) in [6.07, 6.45) is 4.02. The lowest BCUT2D eigenvalue weighted by Gasteiger charge is -2.19. The van der Waals surface area contributed by atoms with Crippen molar-refractivity contribution in [1.82, 2.24) is 10.3 Å². The number of nitrogens with one attached hydrogen (secondary N) is 3. The number of H-pyrrole nitrogens is 1. The van der Waals surface area contributed by atoms with Crippen LogP contribution in [0.4, 0.5) is 0 Å². The van der Waals surface area contributed by atoms with Gasteiger partial charge in [-0.15, -0.1) is 0 Å².